The molecule has 3 rings (SSSR count). The lowest BCUT2D eigenvalue weighted by molar-refractivity contribution is 0.0860. The van der Waals surface area contributed by atoms with E-state index in [1.54, 1.807) is 41.3 Å². The second kappa shape index (κ2) is 7.79. The molecule has 0 fully saturated rings. The Morgan fingerprint density at radius 1 is 1.08 bits per heavy atom. The highest BCUT2D eigenvalue weighted by Crippen LogP contribution is 2.27. The van der Waals surface area contributed by atoms with Gasteiger partial charge in [0.15, 0.2) is 5.17 Å². The van der Waals surface area contributed by atoms with E-state index in [2.05, 4.69) is 4.99 Å². The second-order valence-corrected chi connectivity index (χ2v) is 7.37. The normalized spacial score (nSPS) is 14.0. The summed E-state index contributed by atoms with van der Waals surface area (Å²) >= 11 is 19.5. The summed E-state index contributed by atoms with van der Waals surface area (Å²) in [6.45, 7) is 1.19. The van der Waals surface area contributed by atoms with Crippen molar-refractivity contribution in [3.8, 4) is 0 Å². The van der Waals surface area contributed by atoms with Gasteiger partial charge in [0.1, 0.15) is 0 Å². The van der Waals surface area contributed by atoms with Gasteiger partial charge in [-0.25, -0.2) is 0 Å². The molecule has 0 saturated carbocycles. The van der Waals surface area contributed by atoms with Crippen molar-refractivity contribution >= 4 is 57.6 Å². The number of amidine groups is 1. The van der Waals surface area contributed by atoms with Gasteiger partial charge in [0.25, 0.3) is 5.91 Å². The predicted molar refractivity (Wildman–Crippen MR) is 103 cm³/mol. The molecular formula is C17H13Cl3N2OS. The summed E-state index contributed by atoms with van der Waals surface area (Å²) in [4.78, 5) is 18.8. The zero-order valence-electron chi connectivity index (χ0n) is 12.5. The Balaban J connectivity index is 1.69. The summed E-state index contributed by atoms with van der Waals surface area (Å²) in [5.74, 6) is 0.553. The Bertz CT molecular complexity index is 793. The molecular weight excluding hydrogens is 387 g/mol. The van der Waals surface area contributed by atoms with Crippen LogP contribution in [-0.2, 0) is 5.75 Å². The molecule has 0 aromatic heterocycles. The molecule has 2 aromatic carbocycles. The maximum Gasteiger partial charge on any atom is 0.259 e. The number of benzene rings is 2. The number of rotatable bonds is 3. The van der Waals surface area contributed by atoms with Crippen LogP contribution in [0.4, 0.5) is 0 Å². The van der Waals surface area contributed by atoms with Gasteiger partial charge in [-0.05, 0) is 42.0 Å². The maximum atomic E-state index is 12.6. The van der Waals surface area contributed by atoms with Gasteiger partial charge in [-0.15, -0.1) is 0 Å². The number of amides is 1. The van der Waals surface area contributed by atoms with Gasteiger partial charge in [0.2, 0.25) is 0 Å². The van der Waals surface area contributed by atoms with Gasteiger partial charge in [-0.3, -0.25) is 14.7 Å². The number of carbonyl (C=O) groups is 1. The summed E-state index contributed by atoms with van der Waals surface area (Å²) in [5.41, 5.74) is 1.55. The molecule has 1 heterocycles. The zero-order valence-corrected chi connectivity index (χ0v) is 15.6. The minimum Gasteiger partial charge on any atom is -0.286 e. The average Bonchev–Trinajstić information content (AvgIpc) is 3.02. The van der Waals surface area contributed by atoms with Crippen molar-refractivity contribution in [3.05, 3.63) is 68.7 Å². The molecule has 0 spiro atoms. The molecule has 7 heteroatoms. The van der Waals surface area contributed by atoms with Crippen molar-refractivity contribution in [2.75, 3.05) is 13.1 Å². The van der Waals surface area contributed by atoms with Gasteiger partial charge < -0.3 is 0 Å². The highest BCUT2D eigenvalue weighted by atomic mass is 35.5. The maximum absolute atomic E-state index is 12.6. The summed E-state index contributed by atoms with van der Waals surface area (Å²) in [5, 5.41) is 2.53. The molecule has 0 bridgehead atoms. The van der Waals surface area contributed by atoms with Gasteiger partial charge in [-0.1, -0.05) is 52.6 Å². The molecule has 3 nitrogen and oxygen atoms in total. The van der Waals surface area contributed by atoms with Gasteiger partial charge in [0.05, 0.1) is 6.54 Å². The number of nitrogens with zero attached hydrogens (tertiary/aromatic N) is 2. The van der Waals surface area contributed by atoms with E-state index in [9.17, 15) is 4.79 Å². The fraction of sp³-hybridized carbons (Fsp3) is 0.176. The van der Waals surface area contributed by atoms with E-state index in [0.717, 1.165) is 5.56 Å². The molecule has 0 aliphatic carbocycles. The highest BCUT2D eigenvalue weighted by molar-refractivity contribution is 8.13. The molecule has 0 N–H and O–H groups in total. The van der Waals surface area contributed by atoms with Gasteiger partial charge >= 0.3 is 0 Å². The van der Waals surface area contributed by atoms with Crippen LogP contribution in [0.2, 0.25) is 15.1 Å². The number of carbonyl (C=O) groups excluding carboxylic acids is 1. The molecule has 2 aromatic rings. The third-order valence-corrected chi connectivity index (χ3v) is 5.41. The number of hydrogen-bond donors (Lipinski definition) is 0. The molecule has 1 aliphatic rings. The SMILES string of the molecule is O=C(c1ccc(Cl)cc1)N1CCN=C1SCc1ccc(Cl)cc1Cl. The summed E-state index contributed by atoms with van der Waals surface area (Å²) in [6.07, 6.45) is 0. The molecule has 0 radical (unpaired) electrons. The first-order valence-electron chi connectivity index (χ1n) is 7.23. The second-order valence-electron chi connectivity index (χ2n) is 5.15. The Kier molecular flexibility index (Phi) is 5.72. The van der Waals surface area contributed by atoms with Gasteiger partial charge in [0, 0.05) is 32.9 Å². The monoisotopic (exact) mass is 398 g/mol. The Morgan fingerprint density at radius 2 is 1.79 bits per heavy atom. The summed E-state index contributed by atoms with van der Waals surface area (Å²) in [7, 11) is 0. The van der Waals surface area contributed by atoms with E-state index < -0.39 is 0 Å². The van der Waals surface area contributed by atoms with E-state index in [1.807, 2.05) is 6.07 Å². The topological polar surface area (TPSA) is 32.7 Å². The number of hydrogen-bond acceptors (Lipinski definition) is 3. The first-order valence-corrected chi connectivity index (χ1v) is 9.35. The highest BCUT2D eigenvalue weighted by Gasteiger charge is 2.25. The lowest BCUT2D eigenvalue weighted by Crippen LogP contribution is -2.32. The Hall–Kier alpha value is -1.20. The van der Waals surface area contributed by atoms with Crippen LogP contribution >= 0.6 is 46.6 Å². The van der Waals surface area contributed by atoms with Crippen LogP contribution in [0, 0.1) is 0 Å². The lowest BCUT2D eigenvalue weighted by Gasteiger charge is -2.18. The van der Waals surface area contributed by atoms with Crippen molar-refractivity contribution in [3.63, 3.8) is 0 Å². The zero-order chi connectivity index (χ0) is 17.1. The minimum absolute atomic E-state index is 0.0716. The summed E-state index contributed by atoms with van der Waals surface area (Å²) in [6, 6.07) is 12.3. The van der Waals surface area contributed by atoms with Crippen molar-refractivity contribution in [1.29, 1.82) is 0 Å². The van der Waals surface area contributed by atoms with Crippen molar-refractivity contribution in [2.45, 2.75) is 5.75 Å². The molecule has 0 saturated heterocycles. The van der Waals surface area contributed by atoms with Crippen molar-refractivity contribution < 1.29 is 4.79 Å². The third-order valence-electron chi connectivity index (χ3n) is 3.51. The van der Waals surface area contributed by atoms with Crippen LogP contribution in [0.25, 0.3) is 0 Å². The standard InChI is InChI=1S/C17H13Cl3N2OS/c18-13-4-1-11(2-5-13)16(23)22-8-7-21-17(22)24-10-12-3-6-14(19)9-15(12)20/h1-6,9H,7-8,10H2. The molecule has 1 amide bonds. The Morgan fingerprint density at radius 3 is 2.50 bits per heavy atom. The molecule has 124 valence electrons. The molecule has 0 unspecified atom stereocenters. The van der Waals surface area contributed by atoms with Crippen LogP contribution in [0.3, 0.4) is 0 Å². The number of thioether (sulfide) groups is 1. The molecule has 1 aliphatic heterocycles. The van der Waals surface area contributed by atoms with Crippen molar-refractivity contribution in [1.82, 2.24) is 4.90 Å². The van der Waals surface area contributed by atoms with E-state index in [-0.39, 0.29) is 5.91 Å². The van der Waals surface area contributed by atoms with E-state index in [1.165, 1.54) is 11.8 Å². The van der Waals surface area contributed by atoms with E-state index in [0.29, 0.717) is 44.6 Å². The summed E-state index contributed by atoms with van der Waals surface area (Å²) < 4.78 is 0. The van der Waals surface area contributed by atoms with Gasteiger partial charge in [-0.2, -0.15) is 0 Å². The number of aliphatic imine (C=N–C) groups is 1. The van der Waals surface area contributed by atoms with Crippen LogP contribution in [0.1, 0.15) is 15.9 Å². The Labute approximate surface area is 159 Å². The minimum atomic E-state index is -0.0716. The fourth-order valence-corrected chi connectivity index (χ4v) is 4.00. The predicted octanol–water partition coefficient (Wildman–Crippen LogP) is 5.39. The number of halogens is 3. The largest absolute Gasteiger partial charge is 0.286 e. The average molecular weight is 400 g/mol. The first kappa shape index (κ1) is 17.6. The van der Waals surface area contributed by atoms with Crippen molar-refractivity contribution in [2.24, 2.45) is 4.99 Å². The van der Waals surface area contributed by atoms with Crippen LogP contribution < -0.4 is 0 Å². The molecule has 24 heavy (non-hydrogen) atoms. The smallest absolute Gasteiger partial charge is 0.259 e. The van der Waals surface area contributed by atoms with E-state index in [4.69, 9.17) is 34.8 Å². The molecule has 0 atom stereocenters. The lowest BCUT2D eigenvalue weighted by atomic mass is 10.2. The van der Waals surface area contributed by atoms with Crippen LogP contribution in [0.5, 0.6) is 0 Å². The van der Waals surface area contributed by atoms with E-state index >= 15 is 0 Å². The fourth-order valence-electron chi connectivity index (χ4n) is 2.27. The third kappa shape index (κ3) is 4.06. The van der Waals surface area contributed by atoms with Crippen LogP contribution in [-0.4, -0.2) is 29.1 Å². The van der Waals surface area contributed by atoms with Crippen LogP contribution in [0.15, 0.2) is 47.5 Å². The first-order chi connectivity index (χ1) is 11.5. The quantitative estimate of drug-likeness (QED) is 0.693.